The quantitative estimate of drug-likeness (QED) is 0.534. The average Bonchev–Trinajstić information content (AvgIpc) is 2.72. The fraction of sp³-hybridized carbons (Fsp3) is 0.261. The summed E-state index contributed by atoms with van der Waals surface area (Å²) in [6, 6.07) is 12.3. The number of aryl methyl sites for hydroxylation is 1. The Morgan fingerprint density at radius 1 is 1.30 bits per heavy atom. The van der Waals surface area contributed by atoms with Crippen molar-refractivity contribution in [2.45, 2.75) is 32.6 Å². The highest BCUT2D eigenvalue weighted by molar-refractivity contribution is 7.44. The van der Waals surface area contributed by atoms with Crippen LogP contribution in [0.15, 0.2) is 58.6 Å². The van der Waals surface area contributed by atoms with E-state index in [1.807, 2.05) is 30.5 Å². The summed E-state index contributed by atoms with van der Waals surface area (Å²) in [4.78, 5) is 17.1. The summed E-state index contributed by atoms with van der Waals surface area (Å²) in [5, 5.41) is 6.53. The molecule has 2 aliphatic rings. The predicted molar refractivity (Wildman–Crippen MR) is 122 cm³/mol. The molecule has 0 radical (unpaired) electrons. The average molecular weight is 423 g/mol. The standard InChI is InChI=1S/C23H24FN4OP/c1-4-28-13-20-23(28)30-21(12-25-20)26-15(3)16-6-5-7-18(11-16)27-22(29)17-8-9-19(24)14(2)10-17/h5-13,15,21,26,30H,4H2,1-3H3/p+1. The third-order valence-electron chi connectivity index (χ3n) is 5.30. The van der Waals surface area contributed by atoms with Crippen molar-refractivity contribution in [3.63, 3.8) is 0 Å². The van der Waals surface area contributed by atoms with E-state index in [1.54, 1.807) is 13.0 Å². The Hall–Kier alpha value is -2.69. The van der Waals surface area contributed by atoms with Gasteiger partial charge in [0.1, 0.15) is 12.4 Å². The molecule has 0 spiro atoms. The van der Waals surface area contributed by atoms with Crippen LogP contribution in [-0.2, 0) is 0 Å². The van der Waals surface area contributed by atoms with Crippen molar-refractivity contribution >= 4 is 32.6 Å². The third-order valence-corrected chi connectivity index (χ3v) is 6.74. The van der Waals surface area contributed by atoms with Crippen molar-refractivity contribution in [2.24, 2.45) is 4.99 Å². The SMILES string of the molecule is CC[N+]1=CC2=C1PC(NC(C)c1cccc(NC(=O)c3ccc(F)c(C)c3)c1)C=N2. The van der Waals surface area contributed by atoms with Crippen LogP contribution in [0.5, 0.6) is 0 Å². The first-order valence-corrected chi connectivity index (χ1v) is 11.1. The molecule has 30 heavy (non-hydrogen) atoms. The summed E-state index contributed by atoms with van der Waals surface area (Å²) in [7, 11) is 0.644. The summed E-state index contributed by atoms with van der Waals surface area (Å²) in [6.07, 6.45) is 4.08. The molecule has 3 unspecified atom stereocenters. The first-order valence-electron chi connectivity index (χ1n) is 10.0. The second kappa shape index (κ2) is 8.58. The van der Waals surface area contributed by atoms with Crippen LogP contribution < -0.4 is 10.6 Å². The van der Waals surface area contributed by atoms with Crippen LogP contribution >= 0.6 is 8.58 Å². The van der Waals surface area contributed by atoms with Gasteiger partial charge in [0.15, 0.2) is 5.70 Å². The van der Waals surface area contributed by atoms with Gasteiger partial charge in [-0.1, -0.05) is 12.1 Å². The van der Waals surface area contributed by atoms with Gasteiger partial charge in [0.25, 0.3) is 5.91 Å². The predicted octanol–water partition coefficient (Wildman–Crippen LogP) is 4.41. The number of benzene rings is 2. The lowest BCUT2D eigenvalue weighted by Gasteiger charge is -2.25. The highest BCUT2D eigenvalue weighted by Gasteiger charge is 2.33. The van der Waals surface area contributed by atoms with E-state index in [2.05, 4.69) is 40.3 Å². The number of amides is 1. The zero-order valence-electron chi connectivity index (χ0n) is 17.2. The van der Waals surface area contributed by atoms with Crippen molar-refractivity contribution in [1.29, 1.82) is 0 Å². The van der Waals surface area contributed by atoms with Crippen molar-refractivity contribution in [1.82, 2.24) is 5.32 Å². The smallest absolute Gasteiger partial charge is 0.255 e. The Balaban J connectivity index is 1.40. The lowest BCUT2D eigenvalue weighted by Crippen LogP contribution is -2.34. The van der Waals surface area contributed by atoms with Crippen LogP contribution in [0.1, 0.15) is 41.4 Å². The Bertz CT molecular complexity index is 1090. The Labute approximate surface area is 177 Å². The number of rotatable bonds is 6. The monoisotopic (exact) mass is 423 g/mol. The fourth-order valence-corrected chi connectivity index (χ4v) is 4.96. The molecule has 2 N–H and O–H groups in total. The molecule has 4 rings (SSSR count). The number of hydrogen-bond acceptors (Lipinski definition) is 3. The van der Waals surface area contributed by atoms with Crippen LogP contribution in [0.2, 0.25) is 0 Å². The van der Waals surface area contributed by atoms with Crippen LogP contribution in [-0.4, -0.2) is 35.2 Å². The number of allylic oxidation sites excluding steroid dienone is 1. The van der Waals surface area contributed by atoms with E-state index >= 15 is 0 Å². The fourth-order valence-electron chi connectivity index (χ4n) is 3.52. The summed E-state index contributed by atoms with van der Waals surface area (Å²) >= 11 is 0. The molecule has 0 bridgehead atoms. The molecule has 0 aliphatic carbocycles. The first kappa shape index (κ1) is 20.6. The van der Waals surface area contributed by atoms with Crippen LogP contribution in [0.3, 0.4) is 0 Å². The molecule has 5 nitrogen and oxygen atoms in total. The number of nitrogens with zero attached hydrogens (tertiary/aromatic N) is 2. The molecule has 0 saturated heterocycles. The molecule has 2 heterocycles. The molecule has 3 atom stereocenters. The van der Waals surface area contributed by atoms with Gasteiger partial charge in [0.05, 0.1) is 5.78 Å². The third kappa shape index (κ3) is 4.25. The maximum atomic E-state index is 13.5. The van der Waals surface area contributed by atoms with Crippen LogP contribution in [0.4, 0.5) is 10.1 Å². The van der Waals surface area contributed by atoms with Gasteiger partial charge in [-0.05, 0) is 62.2 Å². The molecule has 7 heteroatoms. The molecular weight excluding hydrogens is 398 g/mol. The molecule has 0 fully saturated rings. The van der Waals surface area contributed by atoms with Crippen molar-refractivity contribution in [3.8, 4) is 0 Å². The molecule has 2 aromatic carbocycles. The minimum atomic E-state index is -0.315. The summed E-state index contributed by atoms with van der Waals surface area (Å²) in [5.41, 5.74) is 5.10. The Morgan fingerprint density at radius 2 is 2.13 bits per heavy atom. The van der Waals surface area contributed by atoms with Crippen molar-refractivity contribution < 1.29 is 13.8 Å². The van der Waals surface area contributed by atoms with Gasteiger partial charge in [-0.3, -0.25) is 10.1 Å². The highest BCUT2D eigenvalue weighted by Crippen LogP contribution is 2.38. The largest absolute Gasteiger partial charge is 0.322 e. The van der Waals surface area contributed by atoms with Gasteiger partial charge in [0, 0.05) is 32.1 Å². The lowest BCUT2D eigenvalue weighted by atomic mass is 10.1. The highest BCUT2D eigenvalue weighted by atomic mass is 31.1. The van der Waals surface area contributed by atoms with Crippen LogP contribution in [0.25, 0.3) is 0 Å². The maximum absolute atomic E-state index is 13.5. The minimum absolute atomic E-state index is 0.0974. The number of carbonyl (C=O) groups excluding carboxylic acids is 1. The minimum Gasteiger partial charge on any atom is -0.322 e. The van der Waals surface area contributed by atoms with Crippen LogP contribution in [0, 0.1) is 12.7 Å². The zero-order valence-corrected chi connectivity index (χ0v) is 18.2. The first-order chi connectivity index (χ1) is 14.4. The second-order valence-electron chi connectivity index (χ2n) is 7.48. The molecule has 0 aromatic heterocycles. The van der Waals surface area contributed by atoms with E-state index in [0.29, 0.717) is 25.4 Å². The zero-order chi connectivity index (χ0) is 21.3. The Morgan fingerprint density at radius 3 is 2.90 bits per heavy atom. The van der Waals surface area contributed by atoms with E-state index in [-0.39, 0.29) is 23.5 Å². The molecule has 1 amide bonds. The number of aliphatic imine (C=N–C) groups is 1. The number of nitrogens with one attached hydrogen (secondary N) is 2. The normalized spacial score (nSPS) is 19.2. The number of carbonyl (C=O) groups is 1. The number of halogens is 1. The molecule has 154 valence electrons. The maximum Gasteiger partial charge on any atom is 0.255 e. The second-order valence-corrected chi connectivity index (χ2v) is 8.87. The molecular formula is C23H25FN4OP+. The van der Waals surface area contributed by atoms with Crippen molar-refractivity contribution in [3.05, 3.63) is 76.1 Å². The summed E-state index contributed by atoms with van der Waals surface area (Å²) < 4.78 is 15.7. The van der Waals surface area contributed by atoms with E-state index in [4.69, 9.17) is 0 Å². The van der Waals surface area contributed by atoms with Crippen molar-refractivity contribution in [2.75, 3.05) is 11.9 Å². The van der Waals surface area contributed by atoms with Gasteiger partial charge >= 0.3 is 0 Å². The van der Waals surface area contributed by atoms with E-state index < -0.39 is 0 Å². The van der Waals surface area contributed by atoms with Gasteiger partial charge < -0.3 is 5.32 Å². The molecule has 2 aromatic rings. The van der Waals surface area contributed by atoms with Gasteiger partial charge in [-0.15, -0.1) is 0 Å². The lowest BCUT2D eigenvalue weighted by molar-refractivity contribution is -0.467. The van der Waals surface area contributed by atoms with Gasteiger partial charge in [-0.25, -0.2) is 9.38 Å². The van der Waals surface area contributed by atoms with E-state index in [1.165, 1.54) is 17.6 Å². The molecule has 0 saturated carbocycles. The summed E-state index contributed by atoms with van der Waals surface area (Å²) in [6.45, 7) is 6.87. The van der Waals surface area contributed by atoms with E-state index in [9.17, 15) is 9.18 Å². The van der Waals surface area contributed by atoms with Gasteiger partial charge in [0.2, 0.25) is 11.7 Å². The topological polar surface area (TPSA) is 56.5 Å². The Kier molecular flexibility index (Phi) is 5.89. The van der Waals surface area contributed by atoms with E-state index in [0.717, 1.165) is 17.8 Å². The van der Waals surface area contributed by atoms with Gasteiger partial charge in [-0.2, -0.15) is 4.58 Å². The number of anilines is 1. The number of hydrogen-bond donors (Lipinski definition) is 2. The summed E-state index contributed by atoms with van der Waals surface area (Å²) in [5.74, 6) is -0.371. The molecule has 2 aliphatic heterocycles.